The van der Waals surface area contributed by atoms with Crippen molar-refractivity contribution in [3.05, 3.63) is 29.8 Å². The van der Waals surface area contributed by atoms with E-state index < -0.39 is 26.6 Å². The van der Waals surface area contributed by atoms with Crippen LogP contribution in [0, 0.1) is 17.6 Å². The molecule has 1 saturated carbocycles. The maximum absolute atomic E-state index is 13.9. The first-order chi connectivity index (χ1) is 13.3. The van der Waals surface area contributed by atoms with E-state index in [0.29, 0.717) is 25.1 Å². The van der Waals surface area contributed by atoms with E-state index in [1.165, 1.54) is 10.7 Å². The van der Waals surface area contributed by atoms with Gasteiger partial charge >= 0.3 is 0 Å². The number of benzene rings is 1. The average Bonchev–Trinajstić information content (AvgIpc) is 2.64. The van der Waals surface area contributed by atoms with Gasteiger partial charge in [0, 0.05) is 38.3 Å². The number of nitrogens with one attached hydrogen (secondary N) is 1. The van der Waals surface area contributed by atoms with Gasteiger partial charge in [-0.05, 0) is 30.9 Å². The summed E-state index contributed by atoms with van der Waals surface area (Å²) in [5, 5.41) is 3.10. The van der Waals surface area contributed by atoms with Crippen molar-refractivity contribution in [3.63, 3.8) is 0 Å². The Labute approximate surface area is 164 Å². The topological polar surface area (TPSA) is 69.7 Å². The smallest absolute Gasteiger partial charge is 0.246 e. The first kappa shape index (κ1) is 21.1. The summed E-state index contributed by atoms with van der Waals surface area (Å²) in [5.41, 5.74) is 0. The van der Waals surface area contributed by atoms with Crippen LogP contribution >= 0.6 is 0 Å². The third-order valence-electron chi connectivity index (χ3n) is 5.67. The SMILES string of the molecule is C[C@H]1CCCC[C@H]1NC(=O)CN1CCN(S(=O)(=O)c2ccc(F)cc2F)CC1. The van der Waals surface area contributed by atoms with Crippen molar-refractivity contribution in [2.75, 3.05) is 32.7 Å². The molecule has 1 heterocycles. The van der Waals surface area contributed by atoms with Gasteiger partial charge in [0.25, 0.3) is 0 Å². The molecular weight excluding hydrogens is 388 g/mol. The molecule has 0 aromatic heterocycles. The minimum Gasteiger partial charge on any atom is -0.352 e. The average molecular weight is 416 g/mol. The van der Waals surface area contributed by atoms with Gasteiger partial charge in [-0.25, -0.2) is 17.2 Å². The van der Waals surface area contributed by atoms with Crippen LogP contribution in [-0.2, 0) is 14.8 Å². The molecule has 0 radical (unpaired) electrons. The number of carbonyl (C=O) groups excluding carboxylic acids is 1. The summed E-state index contributed by atoms with van der Waals surface area (Å²) in [5.74, 6) is -1.48. The lowest BCUT2D eigenvalue weighted by Gasteiger charge is -2.34. The number of sulfonamides is 1. The Bertz CT molecular complexity index is 811. The second kappa shape index (κ2) is 8.84. The molecule has 2 fully saturated rings. The van der Waals surface area contributed by atoms with E-state index in [1.807, 2.05) is 4.90 Å². The zero-order valence-electron chi connectivity index (χ0n) is 16.0. The maximum Gasteiger partial charge on any atom is 0.246 e. The van der Waals surface area contributed by atoms with Gasteiger partial charge in [-0.1, -0.05) is 19.8 Å². The summed E-state index contributed by atoms with van der Waals surface area (Å²) in [6.45, 7) is 3.47. The summed E-state index contributed by atoms with van der Waals surface area (Å²) < 4.78 is 53.4. The lowest BCUT2D eigenvalue weighted by molar-refractivity contribution is -0.123. The highest BCUT2D eigenvalue weighted by atomic mass is 32.2. The highest BCUT2D eigenvalue weighted by Crippen LogP contribution is 2.24. The van der Waals surface area contributed by atoms with E-state index in [2.05, 4.69) is 12.2 Å². The second-order valence-corrected chi connectivity index (χ2v) is 9.60. The fourth-order valence-corrected chi connectivity index (χ4v) is 5.41. The largest absolute Gasteiger partial charge is 0.352 e. The molecule has 1 aliphatic heterocycles. The fourth-order valence-electron chi connectivity index (χ4n) is 3.94. The van der Waals surface area contributed by atoms with Gasteiger partial charge in [0.05, 0.1) is 6.54 Å². The van der Waals surface area contributed by atoms with Crippen LogP contribution in [0.15, 0.2) is 23.1 Å². The number of hydrogen-bond acceptors (Lipinski definition) is 4. The second-order valence-electron chi connectivity index (χ2n) is 7.69. The number of piperazine rings is 1. The van der Waals surface area contributed by atoms with E-state index in [9.17, 15) is 22.0 Å². The van der Waals surface area contributed by atoms with Crippen LogP contribution in [-0.4, -0.2) is 62.3 Å². The molecule has 28 heavy (non-hydrogen) atoms. The zero-order valence-corrected chi connectivity index (χ0v) is 16.9. The van der Waals surface area contributed by atoms with Crippen LogP contribution in [0.25, 0.3) is 0 Å². The molecule has 0 spiro atoms. The van der Waals surface area contributed by atoms with Gasteiger partial charge in [-0.3, -0.25) is 9.69 Å². The molecule has 2 aliphatic rings. The van der Waals surface area contributed by atoms with Crippen LogP contribution in [0.5, 0.6) is 0 Å². The maximum atomic E-state index is 13.9. The van der Waals surface area contributed by atoms with Gasteiger partial charge < -0.3 is 5.32 Å². The molecule has 9 heteroatoms. The third kappa shape index (κ3) is 4.87. The number of hydrogen-bond donors (Lipinski definition) is 1. The highest BCUT2D eigenvalue weighted by Gasteiger charge is 2.31. The molecular formula is C19H27F2N3O3S. The summed E-state index contributed by atoms with van der Waals surface area (Å²) in [6, 6.07) is 2.66. The highest BCUT2D eigenvalue weighted by molar-refractivity contribution is 7.89. The molecule has 1 aromatic carbocycles. The number of amides is 1. The van der Waals surface area contributed by atoms with Gasteiger partial charge in [0.1, 0.15) is 16.5 Å². The molecule has 1 saturated heterocycles. The minimum atomic E-state index is -4.03. The summed E-state index contributed by atoms with van der Waals surface area (Å²) in [4.78, 5) is 13.7. The van der Waals surface area contributed by atoms with E-state index >= 15 is 0 Å². The molecule has 0 unspecified atom stereocenters. The molecule has 0 bridgehead atoms. The summed E-state index contributed by atoms with van der Waals surface area (Å²) >= 11 is 0. The fraction of sp³-hybridized carbons (Fsp3) is 0.632. The Morgan fingerprint density at radius 3 is 2.46 bits per heavy atom. The van der Waals surface area contributed by atoms with Crippen molar-refractivity contribution >= 4 is 15.9 Å². The first-order valence-corrected chi connectivity index (χ1v) is 11.2. The van der Waals surface area contributed by atoms with Gasteiger partial charge in [0.15, 0.2) is 0 Å². The molecule has 1 aromatic rings. The quantitative estimate of drug-likeness (QED) is 0.798. The first-order valence-electron chi connectivity index (χ1n) is 9.74. The Hall–Kier alpha value is -1.58. The van der Waals surface area contributed by atoms with Crippen LogP contribution in [0.3, 0.4) is 0 Å². The minimum absolute atomic E-state index is 0.0420. The van der Waals surface area contributed by atoms with E-state index in [-0.39, 0.29) is 31.6 Å². The normalized spacial score (nSPS) is 24.8. The molecule has 156 valence electrons. The van der Waals surface area contributed by atoms with Crippen LogP contribution in [0.4, 0.5) is 8.78 Å². The monoisotopic (exact) mass is 415 g/mol. The lowest BCUT2D eigenvalue weighted by Crippen LogP contribution is -2.52. The Morgan fingerprint density at radius 1 is 1.14 bits per heavy atom. The van der Waals surface area contributed by atoms with Crippen molar-refractivity contribution in [1.29, 1.82) is 0 Å². The Kier molecular flexibility index (Phi) is 6.67. The molecule has 3 rings (SSSR count). The predicted molar refractivity (Wildman–Crippen MR) is 101 cm³/mol. The standard InChI is InChI=1S/C19H27F2N3O3S/c1-14-4-2-3-5-17(14)22-19(25)13-23-8-10-24(11-9-23)28(26,27)18-7-6-15(20)12-16(18)21/h6-7,12,14,17H,2-5,8-11,13H2,1H3,(H,22,25)/t14-,17+/m0/s1. The number of rotatable bonds is 5. The molecule has 1 N–H and O–H groups in total. The van der Waals surface area contributed by atoms with Crippen molar-refractivity contribution in [1.82, 2.24) is 14.5 Å². The van der Waals surface area contributed by atoms with Crippen molar-refractivity contribution < 1.29 is 22.0 Å². The predicted octanol–water partition coefficient (Wildman–Crippen LogP) is 1.97. The van der Waals surface area contributed by atoms with Gasteiger partial charge in [-0.15, -0.1) is 0 Å². The molecule has 1 aliphatic carbocycles. The summed E-state index contributed by atoms with van der Waals surface area (Å²) in [6.07, 6.45) is 4.47. The van der Waals surface area contributed by atoms with E-state index in [0.717, 1.165) is 31.4 Å². The van der Waals surface area contributed by atoms with E-state index in [1.54, 1.807) is 0 Å². The van der Waals surface area contributed by atoms with Crippen molar-refractivity contribution in [2.24, 2.45) is 5.92 Å². The number of halogens is 2. The van der Waals surface area contributed by atoms with Gasteiger partial charge in [-0.2, -0.15) is 4.31 Å². The van der Waals surface area contributed by atoms with E-state index in [4.69, 9.17) is 0 Å². The van der Waals surface area contributed by atoms with Crippen molar-refractivity contribution in [3.8, 4) is 0 Å². The van der Waals surface area contributed by atoms with Crippen LogP contribution in [0.1, 0.15) is 32.6 Å². The number of carbonyl (C=O) groups is 1. The third-order valence-corrected chi connectivity index (χ3v) is 7.60. The molecule has 1 amide bonds. The van der Waals surface area contributed by atoms with Crippen LogP contribution < -0.4 is 5.32 Å². The summed E-state index contributed by atoms with van der Waals surface area (Å²) in [7, 11) is -4.03. The van der Waals surface area contributed by atoms with Gasteiger partial charge in [0.2, 0.25) is 15.9 Å². The Morgan fingerprint density at radius 2 is 1.82 bits per heavy atom. The lowest BCUT2D eigenvalue weighted by atomic mass is 9.86. The molecule has 2 atom stereocenters. The number of nitrogens with zero attached hydrogens (tertiary/aromatic N) is 2. The zero-order chi connectivity index (χ0) is 20.3. The molecule has 6 nitrogen and oxygen atoms in total. The Balaban J connectivity index is 1.53. The van der Waals surface area contributed by atoms with Crippen LogP contribution in [0.2, 0.25) is 0 Å². The van der Waals surface area contributed by atoms with Crippen molar-refractivity contribution in [2.45, 2.75) is 43.5 Å².